The van der Waals surface area contributed by atoms with Crippen LogP contribution in [0.3, 0.4) is 0 Å². The lowest BCUT2D eigenvalue weighted by atomic mass is 9.94. The van der Waals surface area contributed by atoms with Crippen LogP contribution in [0.5, 0.6) is 11.8 Å². The number of benzene rings is 2. The van der Waals surface area contributed by atoms with Gasteiger partial charge in [0.2, 0.25) is 0 Å². The van der Waals surface area contributed by atoms with Crippen LogP contribution in [-0.2, 0) is 17.6 Å². The Bertz CT molecular complexity index is 1770. The van der Waals surface area contributed by atoms with Gasteiger partial charge in [0.15, 0.2) is 5.82 Å². The first-order valence-corrected chi connectivity index (χ1v) is 16.0. The summed E-state index contributed by atoms with van der Waals surface area (Å²) in [6, 6.07) is 6.29. The number of aromatic nitrogens is 3. The van der Waals surface area contributed by atoms with Crippen LogP contribution in [0.2, 0.25) is 0 Å². The third kappa shape index (κ3) is 4.40. The average molecular weight is 602 g/mol. The van der Waals surface area contributed by atoms with E-state index in [-0.39, 0.29) is 40.4 Å². The Hall–Kier alpha value is -3.63. The third-order valence-electron chi connectivity index (χ3n) is 10.3. The first-order valence-electron chi connectivity index (χ1n) is 16.0. The zero-order chi connectivity index (χ0) is 30.0. The predicted octanol–water partition coefficient (Wildman–Crippen LogP) is 5.94. The van der Waals surface area contributed by atoms with Gasteiger partial charge in [-0.05, 0) is 99.0 Å². The maximum absolute atomic E-state index is 17.0. The molecule has 2 aromatic carbocycles. The van der Waals surface area contributed by atoms with Gasteiger partial charge in [0.25, 0.3) is 0 Å². The number of aromatic hydroxyl groups is 1. The fourth-order valence-electron chi connectivity index (χ4n) is 8.18. The van der Waals surface area contributed by atoms with Crippen molar-refractivity contribution in [3.8, 4) is 23.0 Å². The summed E-state index contributed by atoms with van der Waals surface area (Å²) in [5, 5.41) is 12.4. The molecule has 1 atom stereocenters. The molecule has 3 saturated heterocycles. The minimum absolute atomic E-state index is 0.0143. The van der Waals surface area contributed by atoms with Gasteiger partial charge in [0.05, 0.1) is 29.3 Å². The van der Waals surface area contributed by atoms with E-state index in [1.165, 1.54) is 12.1 Å². The Morgan fingerprint density at radius 3 is 2.70 bits per heavy atom. The number of phenolic OH excluding ortho intramolecular Hbond substituents is 1. The quantitative estimate of drug-likeness (QED) is 0.301. The lowest BCUT2D eigenvalue weighted by Gasteiger charge is -2.32. The van der Waals surface area contributed by atoms with Crippen molar-refractivity contribution in [3.05, 3.63) is 47.2 Å². The summed E-state index contributed by atoms with van der Waals surface area (Å²) in [4.78, 5) is 19.4. The number of nitrogens with zero attached hydrogens (tertiary/aromatic N) is 5. The second-order valence-electron chi connectivity index (χ2n) is 12.8. The number of aryl methyl sites for hydroxylation is 2. The molecule has 4 aliphatic heterocycles. The van der Waals surface area contributed by atoms with Crippen LogP contribution < -0.4 is 9.64 Å². The molecule has 0 saturated carbocycles. The molecule has 8 rings (SSSR count). The average Bonchev–Trinajstić information content (AvgIpc) is 3.46. The molecule has 10 heteroatoms. The Morgan fingerprint density at radius 2 is 1.89 bits per heavy atom. The zero-order valence-corrected chi connectivity index (χ0v) is 25.0. The van der Waals surface area contributed by atoms with Crippen LogP contribution in [0, 0.1) is 11.6 Å². The van der Waals surface area contributed by atoms with E-state index < -0.39 is 5.82 Å². The minimum Gasteiger partial charge on any atom is -0.508 e. The fraction of sp³-hybridized carbons (Fsp3) is 0.500. The van der Waals surface area contributed by atoms with Crippen LogP contribution in [0.4, 0.5) is 14.6 Å². The van der Waals surface area contributed by atoms with Crippen LogP contribution in [0.1, 0.15) is 56.7 Å². The second kappa shape index (κ2) is 10.8. The number of ether oxygens (including phenoxy) is 2. The van der Waals surface area contributed by atoms with Crippen molar-refractivity contribution in [1.82, 2.24) is 19.9 Å². The minimum atomic E-state index is -0.624. The highest BCUT2D eigenvalue weighted by Gasteiger charge is 2.45. The molecule has 4 aromatic rings. The summed E-state index contributed by atoms with van der Waals surface area (Å²) in [6.07, 6.45) is 7.02. The van der Waals surface area contributed by atoms with Gasteiger partial charge >= 0.3 is 6.01 Å². The van der Waals surface area contributed by atoms with Gasteiger partial charge < -0.3 is 19.5 Å². The molecular formula is C34H37F2N5O3. The van der Waals surface area contributed by atoms with E-state index in [0.29, 0.717) is 71.5 Å². The number of halogens is 2. The maximum Gasteiger partial charge on any atom is 0.319 e. The topological polar surface area (TPSA) is 83.8 Å². The van der Waals surface area contributed by atoms with Gasteiger partial charge in [-0.25, -0.2) is 13.8 Å². The molecule has 0 bridgehead atoms. The Kier molecular flexibility index (Phi) is 6.82. The number of hydrogen-bond donors (Lipinski definition) is 1. The first kappa shape index (κ1) is 27.9. The Morgan fingerprint density at radius 1 is 1.05 bits per heavy atom. The SMILES string of the molecule is CCc1c(F)ccc2cc(O)cc(-c3nc4c5c(nc(OCC67CCCN6CCC7)nc5c3F)N3CCCOCC3CC4)c12. The molecule has 8 nitrogen and oxygen atoms in total. The number of phenols is 1. The number of rotatable bonds is 5. The van der Waals surface area contributed by atoms with Gasteiger partial charge in [-0.2, -0.15) is 9.97 Å². The van der Waals surface area contributed by atoms with E-state index in [1.54, 1.807) is 12.1 Å². The van der Waals surface area contributed by atoms with Gasteiger partial charge in [-0.1, -0.05) is 13.0 Å². The van der Waals surface area contributed by atoms with Gasteiger partial charge in [0, 0.05) is 18.7 Å². The summed E-state index contributed by atoms with van der Waals surface area (Å²) in [7, 11) is 0. The number of anilines is 1. The molecular weight excluding hydrogens is 564 g/mol. The van der Waals surface area contributed by atoms with Crippen LogP contribution in [0.25, 0.3) is 32.9 Å². The molecule has 4 aliphatic rings. The van der Waals surface area contributed by atoms with Crippen molar-refractivity contribution in [2.75, 3.05) is 44.4 Å². The second-order valence-corrected chi connectivity index (χ2v) is 12.8. The summed E-state index contributed by atoms with van der Waals surface area (Å²) in [5.74, 6) is -0.393. The third-order valence-corrected chi connectivity index (χ3v) is 10.3. The molecule has 44 heavy (non-hydrogen) atoms. The summed E-state index contributed by atoms with van der Waals surface area (Å²) in [5.41, 5.74) is 1.68. The van der Waals surface area contributed by atoms with Gasteiger partial charge in [-0.3, -0.25) is 4.90 Å². The zero-order valence-electron chi connectivity index (χ0n) is 25.0. The summed E-state index contributed by atoms with van der Waals surface area (Å²) < 4.78 is 44.4. The summed E-state index contributed by atoms with van der Waals surface area (Å²) >= 11 is 0. The van der Waals surface area contributed by atoms with Gasteiger partial charge in [-0.15, -0.1) is 0 Å². The molecule has 3 fully saturated rings. The number of fused-ring (bicyclic) bond motifs is 4. The number of pyridine rings is 1. The molecule has 0 radical (unpaired) electrons. The van der Waals surface area contributed by atoms with Crippen molar-refractivity contribution < 1.29 is 23.4 Å². The largest absolute Gasteiger partial charge is 0.508 e. The molecule has 0 aliphatic carbocycles. The van der Waals surface area contributed by atoms with Gasteiger partial charge in [0.1, 0.15) is 35.2 Å². The normalized spacial score (nSPS) is 21.3. The van der Waals surface area contributed by atoms with Crippen LogP contribution in [-0.4, -0.2) is 76.0 Å². The van der Waals surface area contributed by atoms with Crippen molar-refractivity contribution in [3.63, 3.8) is 0 Å². The van der Waals surface area contributed by atoms with E-state index in [9.17, 15) is 5.11 Å². The highest BCUT2D eigenvalue weighted by atomic mass is 19.1. The van der Waals surface area contributed by atoms with Crippen molar-refractivity contribution in [2.24, 2.45) is 0 Å². The highest BCUT2D eigenvalue weighted by Crippen LogP contribution is 2.43. The molecule has 6 heterocycles. The van der Waals surface area contributed by atoms with E-state index in [1.807, 2.05) is 6.92 Å². The fourth-order valence-corrected chi connectivity index (χ4v) is 8.18. The van der Waals surface area contributed by atoms with E-state index in [4.69, 9.17) is 24.4 Å². The molecule has 2 aromatic heterocycles. The maximum atomic E-state index is 17.0. The first-order chi connectivity index (χ1) is 21.5. The number of hydrogen-bond acceptors (Lipinski definition) is 8. The monoisotopic (exact) mass is 601 g/mol. The predicted molar refractivity (Wildman–Crippen MR) is 164 cm³/mol. The highest BCUT2D eigenvalue weighted by molar-refractivity contribution is 6.02. The smallest absolute Gasteiger partial charge is 0.319 e. The van der Waals surface area contributed by atoms with E-state index >= 15 is 8.78 Å². The van der Waals surface area contributed by atoms with Crippen molar-refractivity contribution >= 4 is 27.5 Å². The standard InChI is InChI=1S/C34H37F2N5O3/c1-2-23-25(35)8-6-20-16-22(42)17-24(27(20)23)30-29(36)31-28-26(37-30)9-7-21-18-43-15-5-14-41(21)32(28)39-33(38-31)44-19-34-10-3-12-40(34)13-4-11-34/h6,8,16-17,21,42H,2-5,7,9-15,18-19H2,1H3. The van der Waals surface area contributed by atoms with E-state index in [2.05, 4.69) is 9.80 Å². The Labute approximate surface area is 255 Å². The lowest BCUT2D eigenvalue weighted by molar-refractivity contribution is 0.108. The Balaban J connectivity index is 1.34. The van der Waals surface area contributed by atoms with Crippen molar-refractivity contribution in [1.29, 1.82) is 0 Å². The molecule has 0 spiro atoms. The van der Waals surface area contributed by atoms with Crippen LogP contribution in [0.15, 0.2) is 24.3 Å². The van der Waals surface area contributed by atoms with Crippen LogP contribution >= 0.6 is 0 Å². The summed E-state index contributed by atoms with van der Waals surface area (Å²) in [6.45, 7) is 6.44. The molecule has 1 unspecified atom stereocenters. The van der Waals surface area contributed by atoms with Crippen molar-refractivity contribution in [2.45, 2.75) is 69.9 Å². The molecule has 1 N–H and O–H groups in total. The lowest BCUT2D eigenvalue weighted by Crippen LogP contribution is -2.43. The molecule has 230 valence electrons. The van der Waals surface area contributed by atoms with E-state index in [0.717, 1.165) is 58.2 Å². The molecule has 0 amide bonds.